The predicted octanol–water partition coefficient (Wildman–Crippen LogP) is 2.06. The van der Waals surface area contributed by atoms with Gasteiger partial charge in [-0.25, -0.2) is 0 Å². The van der Waals surface area contributed by atoms with E-state index in [-0.39, 0.29) is 11.9 Å². The van der Waals surface area contributed by atoms with Crippen LogP contribution in [0.5, 0.6) is 0 Å². The van der Waals surface area contributed by atoms with E-state index in [1.54, 1.807) is 7.05 Å². The van der Waals surface area contributed by atoms with E-state index in [2.05, 4.69) is 29.4 Å². The summed E-state index contributed by atoms with van der Waals surface area (Å²) in [5, 5.41) is 6.55. The Bertz CT molecular complexity index is 421. The lowest BCUT2D eigenvalue weighted by Gasteiger charge is -2.30. The van der Waals surface area contributed by atoms with E-state index in [0.717, 1.165) is 23.7 Å². The van der Waals surface area contributed by atoms with Gasteiger partial charge in [-0.05, 0) is 31.8 Å². The number of carbonyl (C=O) groups is 1. The fourth-order valence-electron chi connectivity index (χ4n) is 2.28. The van der Waals surface area contributed by atoms with Crippen LogP contribution in [0.2, 0.25) is 5.02 Å². The van der Waals surface area contributed by atoms with Crippen LogP contribution in [-0.4, -0.2) is 44.0 Å². The second-order valence-corrected chi connectivity index (χ2v) is 5.00. The predicted molar refractivity (Wildman–Crippen MR) is 84.1 cm³/mol. The highest BCUT2D eigenvalue weighted by Gasteiger charge is 2.20. The zero-order chi connectivity index (χ0) is 15.0. The van der Waals surface area contributed by atoms with E-state index in [9.17, 15) is 4.79 Å². The summed E-state index contributed by atoms with van der Waals surface area (Å²) in [7, 11) is 1.76. The molecule has 0 aromatic heterocycles. The molecule has 0 aliphatic heterocycles. The van der Waals surface area contributed by atoms with Crippen molar-refractivity contribution >= 4 is 17.5 Å². The van der Waals surface area contributed by atoms with E-state index >= 15 is 0 Å². The van der Waals surface area contributed by atoms with Gasteiger partial charge in [-0.2, -0.15) is 0 Å². The molecule has 0 aliphatic rings. The van der Waals surface area contributed by atoms with Crippen molar-refractivity contribution in [2.24, 2.45) is 0 Å². The molecule has 0 aliphatic carbocycles. The standard InChI is InChI=1S/C15H24ClN3O/c1-4-19(5-2)14(10-18-15(20)11-17-3)12-8-6-7-9-13(12)16/h6-9,14,17H,4-5,10-11H2,1-3H3,(H,18,20). The van der Waals surface area contributed by atoms with E-state index in [0.29, 0.717) is 13.1 Å². The van der Waals surface area contributed by atoms with Gasteiger partial charge >= 0.3 is 0 Å². The fourth-order valence-corrected chi connectivity index (χ4v) is 2.54. The van der Waals surface area contributed by atoms with Gasteiger partial charge in [0.05, 0.1) is 12.6 Å². The molecule has 1 aromatic rings. The highest BCUT2D eigenvalue weighted by molar-refractivity contribution is 6.31. The maximum Gasteiger partial charge on any atom is 0.234 e. The van der Waals surface area contributed by atoms with Crippen molar-refractivity contribution in [3.8, 4) is 0 Å². The highest BCUT2D eigenvalue weighted by atomic mass is 35.5. The largest absolute Gasteiger partial charge is 0.353 e. The molecule has 2 N–H and O–H groups in total. The second kappa shape index (κ2) is 8.95. The van der Waals surface area contributed by atoms with Crippen LogP contribution in [0.15, 0.2) is 24.3 Å². The summed E-state index contributed by atoms with van der Waals surface area (Å²) in [6, 6.07) is 7.91. The van der Waals surface area contributed by atoms with Crippen LogP contribution in [0.25, 0.3) is 0 Å². The van der Waals surface area contributed by atoms with Gasteiger partial charge in [-0.15, -0.1) is 0 Å². The Labute approximate surface area is 126 Å². The first kappa shape index (κ1) is 17.0. The quantitative estimate of drug-likeness (QED) is 0.772. The monoisotopic (exact) mass is 297 g/mol. The summed E-state index contributed by atoms with van der Waals surface area (Å²) < 4.78 is 0. The molecule has 0 saturated carbocycles. The summed E-state index contributed by atoms with van der Waals surface area (Å²) in [6.45, 7) is 6.94. The number of halogens is 1. The molecule has 20 heavy (non-hydrogen) atoms. The SMILES string of the molecule is CCN(CC)C(CNC(=O)CNC)c1ccccc1Cl. The number of hydrogen-bond acceptors (Lipinski definition) is 3. The Balaban J connectivity index is 2.86. The number of benzene rings is 1. The third kappa shape index (κ3) is 4.78. The van der Waals surface area contributed by atoms with Crippen molar-refractivity contribution in [3.05, 3.63) is 34.9 Å². The molecule has 1 unspecified atom stereocenters. The van der Waals surface area contributed by atoms with E-state index < -0.39 is 0 Å². The zero-order valence-electron chi connectivity index (χ0n) is 12.4. The molecule has 0 radical (unpaired) electrons. The highest BCUT2D eigenvalue weighted by Crippen LogP contribution is 2.26. The molecule has 1 aromatic carbocycles. The lowest BCUT2D eigenvalue weighted by molar-refractivity contribution is -0.120. The third-order valence-electron chi connectivity index (χ3n) is 3.35. The number of hydrogen-bond donors (Lipinski definition) is 2. The Hall–Kier alpha value is -1.10. The van der Waals surface area contributed by atoms with Gasteiger partial charge in [0.1, 0.15) is 0 Å². The minimum absolute atomic E-state index is 0.00305. The summed E-state index contributed by atoms with van der Waals surface area (Å²) in [5.41, 5.74) is 1.06. The molecule has 1 amide bonds. The first-order valence-electron chi connectivity index (χ1n) is 7.03. The molecule has 0 fully saturated rings. The van der Waals surface area contributed by atoms with Gasteiger partial charge in [-0.1, -0.05) is 43.6 Å². The molecule has 0 bridgehead atoms. The van der Waals surface area contributed by atoms with Crippen molar-refractivity contribution in [2.45, 2.75) is 19.9 Å². The summed E-state index contributed by atoms with van der Waals surface area (Å²) >= 11 is 6.30. The van der Waals surface area contributed by atoms with Crippen molar-refractivity contribution in [3.63, 3.8) is 0 Å². The van der Waals surface area contributed by atoms with Gasteiger partial charge in [0.25, 0.3) is 0 Å². The van der Waals surface area contributed by atoms with Crippen LogP contribution in [0.1, 0.15) is 25.5 Å². The van der Waals surface area contributed by atoms with Gasteiger partial charge in [0.15, 0.2) is 0 Å². The minimum Gasteiger partial charge on any atom is -0.353 e. The Morgan fingerprint density at radius 3 is 2.50 bits per heavy atom. The number of nitrogens with zero attached hydrogens (tertiary/aromatic N) is 1. The molecule has 0 saturated heterocycles. The topological polar surface area (TPSA) is 44.4 Å². The van der Waals surface area contributed by atoms with E-state index in [4.69, 9.17) is 11.6 Å². The average molecular weight is 298 g/mol. The van der Waals surface area contributed by atoms with E-state index in [1.165, 1.54) is 0 Å². The Kier molecular flexibility index (Phi) is 7.59. The summed E-state index contributed by atoms with van der Waals surface area (Å²) in [5.74, 6) is -0.00305. The van der Waals surface area contributed by atoms with Crippen LogP contribution in [0.4, 0.5) is 0 Å². The summed E-state index contributed by atoms with van der Waals surface area (Å²) in [4.78, 5) is 13.9. The first-order chi connectivity index (χ1) is 9.63. The first-order valence-corrected chi connectivity index (χ1v) is 7.41. The van der Waals surface area contributed by atoms with Crippen molar-refractivity contribution < 1.29 is 4.79 Å². The molecule has 112 valence electrons. The van der Waals surface area contributed by atoms with Gasteiger partial charge in [-0.3, -0.25) is 9.69 Å². The minimum atomic E-state index is -0.00305. The molecule has 1 atom stereocenters. The molecule has 0 spiro atoms. The van der Waals surface area contributed by atoms with Crippen molar-refractivity contribution in [1.29, 1.82) is 0 Å². The number of carbonyl (C=O) groups excluding carboxylic acids is 1. The normalized spacial score (nSPS) is 12.4. The van der Waals surface area contributed by atoms with Crippen LogP contribution >= 0.6 is 11.6 Å². The molecule has 1 rings (SSSR count). The van der Waals surface area contributed by atoms with Crippen molar-refractivity contribution in [1.82, 2.24) is 15.5 Å². The number of likely N-dealkylation sites (N-methyl/N-ethyl adjacent to an activating group) is 2. The van der Waals surface area contributed by atoms with Gasteiger partial charge < -0.3 is 10.6 Å². The van der Waals surface area contributed by atoms with Crippen molar-refractivity contribution in [2.75, 3.05) is 33.2 Å². The second-order valence-electron chi connectivity index (χ2n) is 4.59. The van der Waals surface area contributed by atoms with Crippen LogP contribution in [0, 0.1) is 0 Å². The Morgan fingerprint density at radius 2 is 1.95 bits per heavy atom. The van der Waals surface area contributed by atoms with Crippen LogP contribution < -0.4 is 10.6 Å². The molecule has 5 heteroatoms. The Morgan fingerprint density at radius 1 is 1.30 bits per heavy atom. The lowest BCUT2D eigenvalue weighted by Crippen LogP contribution is -2.40. The lowest BCUT2D eigenvalue weighted by atomic mass is 10.0. The average Bonchev–Trinajstić information content (AvgIpc) is 2.45. The number of amides is 1. The number of nitrogens with one attached hydrogen (secondary N) is 2. The van der Waals surface area contributed by atoms with Crippen LogP contribution in [0.3, 0.4) is 0 Å². The molecule has 0 heterocycles. The maximum absolute atomic E-state index is 11.6. The molecule has 4 nitrogen and oxygen atoms in total. The third-order valence-corrected chi connectivity index (χ3v) is 3.69. The fraction of sp³-hybridized carbons (Fsp3) is 0.533. The van der Waals surface area contributed by atoms with Gasteiger partial charge in [0.2, 0.25) is 5.91 Å². The zero-order valence-corrected chi connectivity index (χ0v) is 13.2. The van der Waals surface area contributed by atoms with E-state index in [1.807, 2.05) is 24.3 Å². The van der Waals surface area contributed by atoms with Crippen LogP contribution in [-0.2, 0) is 4.79 Å². The maximum atomic E-state index is 11.6. The van der Waals surface area contributed by atoms with Gasteiger partial charge in [0, 0.05) is 11.6 Å². The summed E-state index contributed by atoms with van der Waals surface area (Å²) in [6.07, 6.45) is 0. The number of rotatable bonds is 8. The molecular weight excluding hydrogens is 274 g/mol. The smallest absolute Gasteiger partial charge is 0.234 e. The molecular formula is C15H24ClN3O.